The topological polar surface area (TPSA) is 12.5 Å². The van der Waals surface area contributed by atoms with Crippen LogP contribution in [0.1, 0.15) is 30.1 Å². The number of allylic oxidation sites excluding steroid dienone is 1. The van der Waals surface area contributed by atoms with Crippen LogP contribution in [0.3, 0.4) is 0 Å². The van der Waals surface area contributed by atoms with Crippen LogP contribution in [0.4, 0.5) is 0 Å². The number of hydrogen-bond donors (Lipinski definition) is 0. The Balaban J connectivity index is 1.97. The van der Waals surface area contributed by atoms with Crippen LogP contribution >= 0.6 is 0 Å². The van der Waals surface area contributed by atoms with Gasteiger partial charge in [-0.05, 0) is 28.8 Å². The quantitative estimate of drug-likeness (QED) is 0.715. The normalized spacial score (nSPS) is 29.5. The number of rotatable bonds is 1. The third-order valence-corrected chi connectivity index (χ3v) is 4.42. The van der Waals surface area contributed by atoms with Crippen molar-refractivity contribution in [1.82, 2.24) is 5.06 Å². The minimum atomic E-state index is 0.173. The summed E-state index contributed by atoms with van der Waals surface area (Å²) in [5.41, 5.74) is 2.78. The number of hydroxylamine groups is 2. The van der Waals surface area contributed by atoms with E-state index in [1.165, 1.54) is 21.9 Å². The van der Waals surface area contributed by atoms with Gasteiger partial charge < -0.3 is 0 Å². The molecule has 2 nitrogen and oxygen atoms in total. The summed E-state index contributed by atoms with van der Waals surface area (Å²) in [6.07, 6.45) is 4.54. The van der Waals surface area contributed by atoms with E-state index in [2.05, 4.69) is 55.5 Å². The molecule has 1 fully saturated rings. The van der Waals surface area contributed by atoms with E-state index in [9.17, 15) is 0 Å². The first kappa shape index (κ1) is 11.2. The van der Waals surface area contributed by atoms with E-state index >= 15 is 0 Å². The molecule has 0 spiro atoms. The summed E-state index contributed by atoms with van der Waals surface area (Å²) in [6, 6.07) is 13.5. The second kappa shape index (κ2) is 3.92. The molecule has 1 aliphatic heterocycles. The molecule has 2 heteroatoms. The van der Waals surface area contributed by atoms with Crippen LogP contribution in [0.2, 0.25) is 0 Å². The molecule has 19 heavy (non-hydrogen) atoms. The van der Waals surface area contributed by atoms with E-state index < -0.39 is 0 Å². The monoisotopic (exact) mass is 251 g/mol. The molecule has 2 aromatic rings. The molecule has 96 valence electrons. The predicted octanol–water partition coefficient (Wildman–Crippen LogP) is 3.80. The largest absolute Gasteiger partial charge is 0.290 e. The maximum Gasteiger partial charge on any atom is 0.114 e. The lowest BCUT2D eigenvalue weighted by molar-refractivity contribution is -0.138. The highest BCUT2D eigenvalue weighted by atomic mass is 16.7. The van der Waals surface area contributed by atoms with Crippen molar-refractivity contribution in [2.24, 2.45) is 0 Å². The van der Waals surface area contributed by atoms with Gasteiger partial charge >= 0.3 is 0 Å². The van der Waals surface area contributed by atoms with E-state index in [-0.39, 0.29) is 6.10 Å². The summed E-state index contributed by atoms with van der Waals surface area (Å²) in [4.78, 5) is 6.11. The lowest BCUT2D eigenvalue weighted by atomic mass is 9.91. The molecule has 0 saturated carbocycles. The summed E-state index contributed by atoms with van der Waals surface area (Å²) >= 11 is 0. The van der Waals surface area contributed by atoms with Crippen molar-refractivity contribution in [1.29, 1.82) is 0 Å². The van der Waals surface area contributed by atoms with E-state index in [4.69, 9.17) is 4.84 Å². The second-order valence-corrected chi connectivity index (χ2v) is 5.41. The molecular formula is C17H17NO. The van der Waals surface area contributed by atoms with Crippen molar-refractivity contribution in [2.45, 2.75) is 25.0 Å². The van der Waals surface area contributed by atoms with Gasteiger partial charge in [-0.1, -0.05) is 48.6 Å². The van der Waals surface area contributed by atoms with Gasteiger partial charge in [0.2, 0.25) is 0 Å². The summed E-state index contributed by atoms with van der Waals surface area (Å²) in [7, 11) is 2.03. The van der Waals surface area contributed by atoms with Gasteiger partial charge in [-0.2, -0.15) is 5.06 Å². The first-order chi connectivity index (χ1) is 9.31. The van der Waals surface area contributed by atoms with Gasteiger partial charge in [0.25, 0.3) is 0 Å². The molecule has 0 amide bonds. The third-order valence-electron chi connectivity index (χ3n) is 4.42. The van der Waals surface area contributed by atoms with Gasteiger partial charge in [-0.15, -0.1) is 0 Å². The second-order valence-electron chi connectivity index (χ2n) is 5.41. The molecule has 2 aliphatic rings. The minimum Gasteiger partial charge on any atom is -0.290 e. The fraction of sp³-hybridized carbons (Fsp3) is 0.294. The highest BCUT2D eigenvalue weighted by molar-refractivity contribution is 5.92. The van der Waals surface area contributed by atoms with E-state index in [0.717, 1.165) is 0 Å². The predicted molar refractivity (Wildman–Crippen MR) is 76.9 cm³/mol. The number of fused-ring (bicyclic) bond motifs is 3. The zero-order valence-corrected chi connectivity index (χ0v) is 11.2. The molecule has 2 aromatic carbocycles. The Labute approximate surface area is 113 Å². The van der Waals surface area contributed by atoms with Crippen LogP contribution in [0.25, 0.3) is 10.8 Å². The van der Waals surface area contributed by atoms with Crippen LogP contribution in [0.15, 0.2) is 48.6 Å². The maximum absolute atomic E-state index is 6.11. The van der Waals surface area contributed by atoms with Gasteiger partial charge in [0, 0.05) is 13.0 Å². The van der Waals surface area contributed by atoms with Crippen molar-refractivity contribution in [2.75, 3.05) is 7.05 Å². The van der Waals surface area contributed by atoms with Crippen molar-refractivity contribution >= 4 is 10.8 Å². The summed E-state index contributed by atoms with van der Waals surface area (Å²) in [5.74, 6) is 0.419. The van der Waals surface area contributed by atoms with Crippen LogP contribution in [0.5, 0.6) is 0 Å². The van der Waals surface area contributed by atoms with Gasteiger partial charge in [-0.25, -0.2) is 0 Å². The van der Waals surface area contributed by atoms with Gasteiger partial charge in [0.15, 0.2) is 0 Å². The Bertz CT molecular complexity index is 671. The lowest BCUT2D eigenvalue weighted by Gasteiger charge is -2.18. The molecule has 0 unspecified atom stereocenters. The first-order valence-corrected chi connectivity index (χ1v) is 6.85. The summed E-state index contributed by atoms with van der Waals surface area (Å²) < 4.78 is 0. The van der Waals surface area contributed by atoms with Gasteiger partial charge in [-0.3, -0.25) is 4.84 Å². The number of hydrogen-bond acceptors (Lipinski definition) is 2. The van der Waals surface area contributed by atoms with E-state index in [0.29, 0.717) is 12.0 Å². The Morgan fingerprint density at radius 3 is 2.58 bits per heavy atom. The molecule has 1 saturated heterocycles. The zero-order chi connectivity index (χ0) is 13.0. The lowest BCUT2D eigenvalue weighted by Crippen LogP contribution is -2.25. The Kier molecular flexibility index (Phi) is 2.32. The molecule has 1 aliphatic carbocycles. The van der Waals surface area contributed by atoms with Crippen LogP contribution in [-0.4, -0.2) is 18.2 Å². The summed E-state index contributed by atoms with van der Waals surface area (Å²) in [5, 5.41) is 4.74. The Morgan fingerprint density at radius 1 is 1.11 bits per heavy atom. The fourth-order valence-corrected chi connectivity index (χ4v) is 3.67. The van der Waals surface area contributed by atoms with Crippen molar-refractivity contribution < 1.29 is 4.84 Å². The van der Waals surface area contributed by atoms with Crippen LogP contribution in [-0.2, 0) is 4.84 Å². The van der Waals surface area contributed by atoms with Crippen molar-refractivity contribution in [3.63, 3.8) is 0 Å². The molecule has 1 heterocycles. The highest BCUT2D eigenvalue weighted by Crippen LogP contribution is 2.53. The first-order valence-electron chi connectivity index (χ1n) is 6.85. The molecule has 0 bridgehead atoms. The zero-order valence-electron chi connectivity index (χ0n) is 11.2. The standard InChI is InChI=1S/C17H17NO/c1-3-6-14-16-12-9-4-7-11-8-5-10-13(15(11)12)17(16)19-18(14)2/h3-10,14,16-17H,1-2H3/b6-3+/t14-,16+,17+/m1/s1. The fourth-order valence-electron chi connectivity index (χ4n) is 3.67. The SMILES string of the molecule is C/C=C/[C@@H]1[C@@H]2c3cccc4cccc(c34)[C@@H]2ON1C. The molecule has 3 atom stereocenters. The van der Waals surface area contributed by atoms with Gasteiger partial charge in [0.05, 0.1) is 6.04 Å². The summed E-state index contributed by atoms with van der Waals surface area (Å²) in [6.45, 7) is 2.07. The average molecular weight is 251 g/mol. The van der Waals surface area contributed by atoms with Crippen LogP contribution in [0, 0.1) is 0 Å². The van der Waals surface area contributed by atoms with E-state index in [1.54, 1.807) is 0 Å². The Hall–Kier alpha value is -1.64. The van der Waals surface area contributed by atoms with Crippen molar-refractivity contribution in [3.05, 3.63) is 59.7 Å². The number of benzene rings is 2. The minimum absolute atomic E-state index is 0.173. The number of likely N-dealkylation sites (N-methyl/N-ethyl adjacent to an activating group) is 1. The maximum atomic E-state index is 6.11. The molecule has 0 N–H and O–H groups in total. The highest BCUT2D eigenvalue weighted by Gasteiger charge is 2.47. The average Bonchev–Trinajstić information content (AvgIpc) is 2.90. The number of nitrogens with zero attached hydrogens (tertiary/aromatic N) is 1. The van der Waals surface area contributed by atoms with Gasteiger partial charge in [0.1, 0.15) is 6.10 Å². The smallest absolute Gasteiger partial charge is 0.114 e. The molecule has 0 aromatic heterocycles. The third kappa shape index (κ3) is 1.38. The molecule has 0 radical (unpaired) electrons. The molecular weight excluding hydrogens is 234 g/mol. The molecule has 4 rings (SSSR count). The van der Waals surface area contributed by atoms with E-state index in [1.807, 2.05) is 12.1 Å². The van der Waals surface area contributed by atoms with Crippen molar-refractivity contribution in [3.8, 4) is 0 Å². The Morgan fingerprint density at radius 2 is 1.84 bits per heavy atom. The van der Waals surface area contributed by atoms with Crippen LogP contribution < -0.4 is 0 Å².